The minimum Gasteiger partial charge on any atom is -0.332 e. The zero-order valence-corrected chi connectivity index (χ0v) is 17.8. The first-order chi connectivity index (χ1) is 13.7. The molecule has 0 radical (unpaired) electrons. The average molecular weight is 470 g/mol. The van der Waals surface area contributed by atoms with Gasteiger partial charge >= 0.3 is 0 Å². The summed E-state index contributed by atoms with van der Waals surface area (Å²) < 4.78 is 40.9. The molecule has 150 valence electrons. The smallest absolute Gasteiger partial charge is 0.261 e. The second-order valence-corrected chi connectivity index (χ2v) is 8.78. The van der Waals surface area contributed by atoms with Gasteiger partial charge < -0.3 is 10.6 Å². The molecule has 0 spiro atoms. The van der Waals surface area contributed by atoms with Gasteiger partial charge in [-0.2, -0.15) is 0 Å². The largest absolute Gasteiger partial charge is 0.332 e. The van der Waals surface area contributed by atoms with Crippen LogP contribution in [0.1, 0.15) is 0 Å². The fourth-order valence-electron chi connectivity index (χ4n) is 2.35. The van der Waals surface area contributed by atoms with E-state index in [1.54, 1.807) is 36.4 Å². The molecule has 3 rings (SSSR count). The lowest BCUT2D eigenvalue weighted by atomic mass is 10.3. The number of thiocarbonyl (C=S) groups is 1. The second-order valence-electron chi connectivity index (χ2n) is 5.85. The Kier molecular flexibility index (Phi) is 6.59. The quantitative estimate of drug-likeness (QED) is 0.415. The fraction of sp³-hybridized carbons (Fsp3) is 0. The average Bonchev–Trinajstić information content (AvgIpc) is 2.65. The first kappa shape index (κ1) is 21.3. The molecule has 3 N–H and O–H groups in total. The topological polar surface area (TPSA) is 70.2 Å². The minimum absolute atomic E-state index is 0.0117. The van der Waals surface area contributed by atoms with Crippen molar-refractivity contribution in [2.24, 2.45) is 0 Å². The van der Waals surface area contributed by atoms with Crippen LogP contribution in [0.25, 0.3) is 0 Å². The van der Waals surface area contributed by atoms with Crippen molar-refractivity contribution >= 4 is 67.6 Å². The summed E-state index contributed by atoms with van der Waals surface area (Å²) in [6.45, 7) is 0. The van der Waals surface area contributed by atoms with Crippen molar-refractivity contribution < 1.29 is 12.8 Å². The van der Waals surface area contributed by atoms with E-state index in [1.165, 1.54) is 30.3 Å². The molecule has 0 saturated heterocycles. The third kappa shape index (κ3) is 5.80. The summed E-state index contributed by atoms with van der Waals surface area (Å²) in [5.41, 5.74) is 1.34. The Bertz CT molecular complexity index is 1160. The van der Waals surface area contributed by atoms with E-state index in [0.29, 0.717) is 22.1 Å². The van der Waals surface area contributed by atoms with Gasteiger partial charge in [0.1, 0.15) is 5.82 Å². The maximum absolute atomic E-state index is 13.5. The van der Waals surface area contributed by atoms with E-state index in [0.717, 1.165) is 0 Å². The molecule has 0 aliphatic carbocycles. The van der Waals surface area contributed by atoms with Crippen LogP contribution in [0.3, 0.4) is 0 Å². The third-order valence-electron chi connectivity index (χ3n) is 3.68. The van der Waals surface area contributed by atoms with E-state index in [4.69, 9.17) is 35.4 Å². The van der Waals surface area contributed by atoms with Gasteiger partial charge in [0.25, 0.3) is 10.0 Å². The highest BCUT2D eigenvalue weighted by Gasteiger charge is 2.14. The molecule has 0 saturated carbocycles. The highest BCUT2D eigenvalue weighted by molar-refractivity contribution is 7.92. The van der Waals surface area contributed by atoms with Gasteiger partial charge in [-0.05, 0) is 72.9 Å². The van der Waals surface area contributed by atoms with E-state index in [-0.39, 0.29) is 15.0 Å². The van der Waals surface area contributed by atoms with Crippen LogP contribution < -0.4 is 15.4 Å². The predicted octanol–water partition coefficient (Wildman–Crippen LogP) is 5.74. The third-order valence-corrected chi connectivity index (χ3v) is 5.82. The Hall–Kier alpha value is -2.39. The number of benzene rings is 3. The first-order valence-electron chi connectivity index (χ1n) is 8.14. The molecule has 29 heavy (non-hydrogen) atoms. The number of halogens is 3. The Labute approximate surface area is 182 Å². The van der Waals surface area contributed by atoms with Crippen LogP contribution in [0, 0.1) is 5.82 Å². The maximum atomic E-state index is 13.5. The van der Waals surface area contributed by atoms with Gasteiger partial charge in [-0.3, -0.25) is 4.72 Å². The van der Waals surface area contributed by atoms with E-state index >= 15 is 0 Å². The van der Waals surface area contributed by atoms with Crippen LogP contribution in [0.15, 0.2) is 71.6 Å². The molecule has 0 aliphatic heterocycles. The number of sulfonamides is 1. The van der Waals surface area contributed by atoms with Crippen molar-refractivity contribution in [1.82, 2.24) is 0 Å². The standard InChI is InChI=1S/C19H14Cl2FN3O2S2/c20-12-2-1-3-15(10-12)25-29(26,27)16-7-4-13(5-8-16)23-19(28)24-14-6-9-17(21)18(22)11-14/h1-11,25H,(H2,23,24,28). The molecule has 3 aromatic carbocycles. The number of hydrogen-bond acceptors (Lipinski definition) is 3. The molecule has 0 atom stereocenters. The highest BCUT2D eigenvalue weighted by atomic mass is 35.5. The zero-order valence-electron chi connectivity index (χ0n) is 14.6. The molecule has 3 aromatic rings. The Morgan fingerprint density at radius 1 is 0.862 bits per heavy atom. The van der Waals surface area contributed by atoms with Crippen LogP contribution in [0.2, 0.25) is 10.0 Å². The summed E-state index contributed by atoms with van der Waals surface area (Å²) in [6.07, 6.45) is 0. The van der Waals surface area contributed by atoms with E-state index in [1.807, 2.05) is 0 Å². The van der Waals surface area contributed by atoms with Crippen LogP contribution >= 0.6 is 35.4 Å². The number of hydrogen-bond donors (Lipinski definition) is 3. The monoisotopic (exact) mass is 469 g/mol. The first-order valence-corrected chi connectivity index (χ1v) is 10.8. The lowest BCUT2D eigenvalue weighted by Crippen LogP contribution is -2.19. The number of anilines is 3. The second kappa shape index (κ2) is 8.96. The van der Waals surface area contributed by atoms with Crippen molar-refractivity contribution in [1.29, 1.82) is 0 Å². The molecular weight excluding hydrogens is 456 g/mol. The van der Waals surface area contributed by atoms with Gasteiger partial charge in [-0.1, -0.05) is 29.3 Å². The molecule has 5 nitrogen and oxygen atoms in total. The molecule has 10 heteroatoms. The van der Waals surface area contributed by atoms with Gasteiger partial charge in [0.2, 0.25) is 0 Å². The van der Waals surface area contributed by atoms with Gasteiger partial charge in [0.05, 0.1) is 15.6 Å². The van der Waals surface area contributed by atoms with Crippen LogP contribution in [0.5, 0.6) is 0 Å². The molecule has 0 fully saturated rings. The molecule has 0 unspecified atom stereocenters. The van der Waals surface area contributed by atoms with Crippen molar-refractivity contribution in [3.8, 4) is 0 Å². The Morgan fingerprint density at radius 3 is 2.17 bits per heavy atom. The van der Waals surface area contributed by atoms with Crippen molar-refractivity contribution in [2.75, 3.05) is 15.4 Å². The van der Waals surface area contributed by atoms with Gasteiger partial charge in [-0.25, -0.2) is 12.8 Å². The van der Waals surface area contributed by atoms with Gasteiger partial charge in [0.15, 0.2) is 5.11 Å². The Balaban J connectivity index is 1.66. The Morgan fingerprint density at radius 2 is 1.52 bits per heavy atom. The van der Waals surface area contributed by atoms with E-state index in [2.05, 4.69) is 15.4 Å². The molecule has 0 aliphatic rings. The summed E-state index contributed by atoms with van der Waals surface area (Å²) in [4.78, 5) is 0.0710. The molecule has 0 heterocycles. The van der Waals surface area contributed by atoms with Crippen molar-refractivity contribution in [2.45, 2.75) is 4.90 Å². The fourth-order valence-corrected chi connectivity index (χ4v) is 3.94. The molecule has 0 amide bonds. The SMILES string of the molecule is O=S(=O)(Nc1cccc(Cl)c1)c1ccc(NC(=S)Nc2ccc(Cl)c(F)c2)cc1. The maximum Gasteiger partial charge on any atom is 0.261 e. The van der Waals surface area contributed by atoms with Crippen LogP contribution in [-0.4, -0.2) is 13.5 Å². The van der Waals surface area contributed by atoms with Crippen LogP contribution in [0.4, 0.5) is 21.5 Å². The lowest BCUT2D eigenvalue weighted by Gasteiger charge is -2.12. The lowest BCUT2D eigenvalue weighted by molar-refractivity contribution is 0.601. The summed E-state index contributed by atoms with van der Waals surface area (Å²) in [7, 11) is -3.77. The highest BCUT2D eigenvalue weighted by Crippen LogP contribution is 2.22. The van der Waals surface area contributed by atoms with E-state index in [9.17, 15) is 12.8 Å². The molecule has 0 bridgehead atoms. The van der Waals surface area contributed by atoms with Gasteiger partial charge in [0, 0.05) is 16.4 Å². The normalized spacial score (nSPS) is 11.0. The minimum atomic E-state index is -3.77. The van der Waals surface area contributed by atoms with Crippen molar-refractivity contribution in [3.63, 3.8) is 0 Å². The molecule has 0 aromatic heterocycles. The summed E-state index contributed by atoms with van der Waals surface area (Å²) in [5, 5.41) is 6.35. The van der Waals surface area contributed by atoms with Crippen molar-refractivity contribution in [3.05, 3.63) is 82.6 Å². The predicted molar refractivity (Wildman–Crippen MR) is 120 cm³/mol. The van der Waals surface area contributed by atoms with E-state index < -0.39 is 15.8 Å². The summed E-state index contributed by atoms with van der Waals surface area (Å²) in [5.74, 6) is -0.568. The summed E-state index contributed by atoms with van der Waals surface area (Å²) >= 11 is 16.7. The van der Waals surface area contributed by atoms with Crippen LogP contribution in [-0.2, 0) is 10.0 Å². The number of rotatable bonds is 5. The van der Waals surface area contributed by atoms with Gasteiger partial charge in [-0.15, -0.1) is 0 Å². The number of nitrogens with one attached hydrogen (secondary N) is 3. The molecular formula is C19H14Cl2FN3O2S2. The summed E-state index contributed by atoms with van der Waals surface area (Å²) in [6, 6.07) is 16.6. The zero-order chi connectivity index (χ0) is 21.0.